The van der Waals surface area contributed by atoms with Gasteiger partial charge in [-0.1, -0.05) is 198 Å². The summed E-state index contributed by atoms with van der Waals surface area (Å²) in [5.74, 6) is 0.220. The number of rotatable bonds is 12. The Labute approximate surface area is 339 Å². The molecular weight excluding hydrogens is 689 g/mol. The van der Waals surface area contributed by atoms with Gasteiger partial charge in [0.15, 0.2) is 0 Å². The van der Waals surface area contributed by atoms with Gasteiger partial charge in [-0.05, 0) is 97.8 Å². The lowest BCUT2D eigenvalue weighted by molar-refractivity contribution is 0.414. The molecular formula is C55H54N2. The number of benzene rings is 7. The van der Waals surface area contributed by atoms with Gasteiger partial charge in [-0.15, -0.1) is 0 Å². The molecule has 0 radical (unpaired) electrons. The van der Waals surface area contributed by atoms with Crippen molar-refractivity contribution < 1.29 is 0 Å². The second kappa shape index (κ2) is 16.2. The molecule has 0 amide bonds. The summed E-state index contributed by atoms with van der Waals surface area (Å²) in [6.45, 7) is 13.6. The fourth-order valence-electron chi connectivity index (χ4n) is 8.86. The van der Waals surface area contributed by atoms with E-state index in [4.69, 9.17) is 0 Å². The highest BCUT2D eigenvalue weighted by Gasteiger charge is 2.43. The molecule has 2 heteroatoms. The van der Waals surface area contributed by atoms with Gasteiger partial charge in [0.05, 0.1) is 0 Å². The summed E-state index contributed by atoms with van der Waals surface area (Å²) in [6, 6.07) is 59.3. The first-order chi connectivity index (χ1) is 27.8. The van der Waals surface area contributed by atoms with Crippen LogP contribution in [0.3, 0.4) is 0 Å². The fraction of sp³-hybridized carbons (Fsp3) is 0.200. The zero-order valence-corrected chi connectivity index (χ0v) is 34.0. The SMILES string of the molecule is CCC1(C)\C(=C/C=C(/C=C/C(C)C(C)(C)c2c(NCc3ccccc3)ccc3ccccc23)c2ccccc2)N(Cc2ccccc2)c2ccc3ccccc3c21. The second-order valence-corrected chi connectivity index (χ2v) is 16.4. The maximum absolute atomic E-state index is 3.83. The van der Waals surface area contributed by atoms with E-state index in [-0.39, 0.29) is 16.7 Å². The van der Waals surface area contributed by atoms with Crippen molar-refractivity contribution >= 4 is 38.5 Å². The van der Waals surface area contributed by atoms with Gasteiger partial charge in [0, 0.05) is 35.6 Å². The molecule has 0 spiro atoms. The largest absolute Gasteiger partial charge is 0.381 e. The molecule has 284 valence electrons. The zero-order chi connectivity index (χ0) is 39.4. The predicted molar refractivity (Wildman–Crippen MR) is 246 cm³/mol. The summed E-state index contributed by atoms with van der Waals surface area (Å²) in [4.78, 5) is 2.57. The number of hydrogen-bond acceptors (Lipinski definition) is 2. The van der Waals surface area contributed by atoms with Crippen molar-refractivity contribution in [2.45, 2.75) is 65.0 Å². The van der Waals surface area contributed by atoms with E-state index in [2.05, 4.69) is 233 Å². The van der Waals surface area contributed by atoms with Gasteiger partial charge in [-0.3, -0.25) is 0 Å². The van der Waals surface area contributed by atoms with Crippen molar-refractivity contribution in [1.29, 1.82) is 0 Å². The van der Waals surface area contributed by atoms with Crippen LogP contribution in [-0.2, 0) is 23.9 Å². The molecule has 0 fully saturated rings. The smallest absolute Gasteiger partial charge is 0.0479 e. The summed E-state index contributed by atoms with van der Waals surface area (Å²) < 4.78 is 0. The molecule has 1 aliphatic heterocycles. The van der Waals surface area contributed by atoms with Gasteiger partial charge in [0.1, 0.15) is 0 Å². The van der Waals surface area contributed by atoms with E-state index in [1.807, 2.05) is 0 Å². The number of fused-ring (bicyclic) bond motifs is 4. The van der Waals surface area contributed by atoms with E-state index >= 15 is 0 Å². The third-order valence-electron chi connectivity index (χ3n) is 12.6. The average molecular weight is 743 g/mol. The molecule has 7 aromatic carbocycles. The molecule has 0 bridgehead atoms. The molecule has 0 saturated carbocycles. The average Bonchev–Trinajstić information content (AvgIpc) is 3.50. The highest BCUT2D eigenvalue weighted by molar-refractivity contribution is 5.95. The number of allylic oxidation sites excluding steroid dienone is 6. The van der Waals surface area contributed by atoms with E-state index in [0.717, 1.165) is 19.5 Å². The Morgan fingerprint density at radius 2 is 1.26 bits per heavy atom. The van der Waals surface area contributed by atoms with E-state index in [1.165, 1.54) is 72.0 Å². The van der Waals surface area contributed by atoms with Crippen LogP contribution < -0.4 is 10.2 Å². The quantitative estimate of drug-likeness (QED) is 0.125. The molecule has 2 unspecified atom stereocenters. The number of anilines is 2. The summed E-state index contributed by atoms with van der Waals surface area (Å²) in [6.07, 6.45) is 10.6. The zero-order valence-electron chi connectivity index (χ0n) is 34.0. The normalized spacial score (nSPS) is 17.1. The van der Waals surface area contributed by atoms with Crippen molar-refractivity contribution in [2.75, 3.05) is 10.2 Å². The van der Waals surface area contributed by atoms with Crippen molar-refractivity contribution in [3.05, 3.63) is 222 Å². The van der Waals surface area contributed by atoms with Crippen molar-refractivity contribution in [3.8, 4) is 0 Å². The van der Waals surface area contributed by atoms with Crippen LogP contribution in [-0.4, -0.2) is 0 Å². The van der Waals surface area contributed by atoms with Gasteiger partial charge < -0.3 is 10.2 Å². The minimum atomic E-state index is -0.182. The molecule has 7 aromatic rings. The molecule has 0 saturated heterocycles. The van der Waals surface area contributed by atoms with E-state index < -0.39 is 0 Å². The lowest BCUT2D eigenvalue weighted by atomic mass is 9.71. The van der Waals surface area contributed by atoms with Crippen molar-refractivity contribution in [2.24, 2.45) is 5.92 Å². The Morgan fingerprint density at radius 1 is 0.684 bits per heavy atom. The Balaban J connectivity index is 1.20. The van der Waals surface area contributed by atoms with Crippen LogP contribution in [0.15, 0.2) is 194 Å². The summed E-state index contributed by atoms with van der Waals surface area (Å²) in [7, 11) is 0. The Bertz CT molecular complexity index is 2580. The van der Waals surface area contributed by atoms with Crippen molar-refractivity contribution in [1.82, 2.24) is 0 Å². The number of nitrogens with one attached hydrogen (secondary N) is 1. The molecule has 8 rings (SSSR count). The summed E-state index contributed by atoms with van der Waals surface area (Å²) in [5, 5.41) is 9.03. The predicted octanol–water partition coefficient (Wildman–Crippen LogP) is 14.4. The van der Waals surface area contributed by atoms with Crippen LogP contribution in [0.5, 0.6) is 0 Å². The van der Waals surface area contributed by atoms with Gasteiger partial charge in [0.25, 0.3) is 0 Å². The molecule has 0 aromatic heterocycles. The van der Waals surface area contributed by atoms with Gasteiger partial charge in [-0.2, -0.15) is 0 Å². The monoisotopic (exact) mass is 742 g/mol. The molecule has 1 heterocycles. The minimum Gasteiger partial charge on any atom is -0.381 e. The first-order valence-electron chi connectivity index (χ1n) is 20.6. The third kappa shape index (κ3) is 7.45. The Hall–Kier alpha value is -6.12. The summed E-state index contributed by atoms with van der Waals surface area (Å²) >= 11 is 0. The van der Waals surface area contributed by atoms with Gasteiger partial charge in [0.2, 0.25) is 0 Å². The third-order valence-corrected chi connectivity index (χ3v) is 12.6. The van der Waals surface area contributed by atoms with Crippen LogP contribution >= 0.6 is 0 Å². The van der Waals surface area contributed by atoms with Crippen LogP contribution in [0.2, 0.25) is 0 Å². The standard InChI is InChI=1S/C55H54N2/c1-6-55(5)51(57(39-42-22-12-8-13-23-42)50-36-33-46-27-17-19-29-48(46)53(50)55)37-34-44(43-24-14-9-15-25-43)31-30-40(2)54(3,4)52-47-28-18-16-26-45(47)32-35-49(52)56-38-41-20-10-7-11-21-41/h7-37,40,56H,6,38-39H2,1-5H3/b31-30+,44-34-,51-37+. The number of nitrogens with zero attached hydrogens (tertiary/aromatic N) is 1. The molecule has 1 aliphatic rings. The van der Waals surface area contributed by atoms with E-state index in [1.54, 1.807) is 0 Å². The maximum Gasteiger partial charge on any atom is 0.0479 e. The molecule has 2 atom stereocenters. The highest BCUT2D eigenvalue weighted by atomic mass is 15.2. The van der Waals surface area contributed by atoms with Crippen LogP contribution in [0, 0.1) is 5.92 Å². The first kappa shape index (κ1) is 37.8. The van der Waals surface area contributed by atoms with Gasteiger partial charge >= 0.3 is 0 Å². The van der Waals surface area contributed by atoms with E-state index in [0.29, 0.717) is 0 Å². The van der Waals surface area contributed by atoms with Gasteiger partial charge in [-0.25, -0.2) is 0 Å². The van der Waals surface area contributed by atoms with Crippen LogP contribution in [0.4, 0.5) is 11.4 Å². The Kier molecular flexibility index (Phi) is 10.7. The Morgan fingerprint density at radius 3 is 1.95 bits per heavy atom. The minimum absolute atomic E-state index is 0.167. The first-order valence-corrected chi connectivity index (χ1v) is 20.6. The molecule has 2 nitrogen and oxygen atoms in total. The van der Waals surface area contributed by atoms with Crippen molar-refractivity contribution in [3.63, 3.8) is 0 Å². The lowest BCUT2D eigenvalue weighted by Gasteiger charge is -2.34. The summed E-state index contributed by atoms with van der Waals surface area (Å²) in [5.41, 5.74) is 11.2. The molecule has 57 heavy (non-hydrogen) atoms. The molecule has 0 aliphatic carbocycles. The lowest BCUT2D eigenvalue weighted by Crippen LogP contribution is -2.28. The fourth-order valence-corrected chi connectivity index (χ4v) is 8.86. The number of hydrogen-bond donors (Lipinski definition) is 1. The molecule has 1 N–H and O–H groups in total. The van der Waals surface area contributed by atoms with Crippen LogP contribution in [0.1, 0.15) is 68.9 Å². The van der Waals surface area contributed by atoms with E-state index in [9.17, 15) is 0 Å². The second-order valence-electron chi connectivity index (χ2n) is 16.4. The maximum atomic E-state index is 3.83. The highest BCUT2D eigenvalue weighted by Crippen LogP contribution is 2.53. The topological polar surface area (TPSA) is 15.3 Å². The van der Waals surface area contributed by atoms with Crippen LogP contribution in [0.25, 0.3) is 27.1 Å².